The topological polar surface area (TPSA) is 121 Å². The molecule has 0 aliphatic carbocycles. The average Bonchev–Trinajstić information content (AvgIpc) is 3.44. The number of nitrogens with one attached hydrogen (secondary N) is 1. The maximum Gasteiger partial charge on any atom is 0.329 e. The van der Waals surface area contributed by atoms with Crippen LogP contribution in [0.3, 0.4) is 0 Å². The molecule has 5 rings (SSSR count). The van der Waals surface area contributed by atoms with Crippen LogP contribution in [-0.2, 0) is 20.9 Å². The first-order valence-electron chi connectivity index (χ1n) is 17.1. The van der Waals surface area contributed by atoms with Gasteiger partial charge in [0.2, 0.25) is 5.79 Å². The van der Waals surface area contributed by atoms with E-state index < -0.39 is 17.9 Å². The molecule has 3 aromatic carbocycles. The SMILES string of the molecule is CC1(C)OCc2cc([C@@H](O)CN(CCCCCCOCCC#Cc3cccc(N4C(=O)CNC4=O)c3)[C@H](CO)c3ccccc3)ccc2O1. The van der Waals surface area contributed by atoms with Gasteiger partial charge in [-0.25, -0.2) is 9.69 Å². The second-order valence-corrected chi connectivity index (χ2v) is 12.8. The summed E-state index contributed by atoms with van der Waals surface area (Å²) in [5.74, 6) is 6.00. The molecule has 2 aliphatic heterocycles. The first-order valence-corrected chi connectivity index (χ1v) is 17.1. The van der Waals surface area contributed by atoms with Crippen molar-refractivity contribution in [2.45, 2.75) is 70.5 Å². The number of imide groups is 1. The Kier molecular flexibility index (Phi) is 12.8. The second-order valence-electron chi connectivity index (χ2n) is 12.8. The summed E-state index contributed by atoms with van der Waals surface area (Å²) in [6, 6.07) is 22.1. The van der Waals surface area contributed by atoms with Crippen molar-refractivity contribution < 1.29 is 34.0 Å². The molecule has 0 aromatic heterocycles. The number of ether oxygens (including phenoxy) is 3. The van der Waals surface area contributed by atoms with E-state index in [-0.39, 0.29) is 25.1 Å². The molecule has 3 amide bonds. The summed E-state index contributed by atoms with van der Waals surface area (Å²) < 4.78 is 17.5. The molecule has 1 saturated heterocycles. The predicted molar refractivity (Wildman–Crippen MR) is 187 cm³/mol. The van der Waals surface area contributed by atoms with Crippen LogP contribution in [0.25, 0.3) is 0 Å². The Morgan fingerprint density at radius 2 is 1.80 bits per heavy atom. The zero-order chi connectivity index (χ0) is 34.6. The predicted octanol–water partition coefficient (Wildman–Crippen LogP) is 5.48. The van der Waals surface area contributed by atoms with Gasteiger partial charge in [0, 0.05) is 44.5 Å². The highest BCUT2D eigenvalue weighted by molar-refractivity contribution is 6.19. The number of anilines is 1. The summed E-state index contributed by atoms with van der Waals surface area (Å²) in [4.78, 5) is 27.2. The van der Waals surface area contributed by atoms with Crippen LogP contribution in [0.1, 0.15) is 80.4 Å². The van der Waals surface area contributed by atoms with E-state index in [2.05, 4.69) is 22.1 Å². The summed E-state index contributed by atoms with van der Waals surface area (Å²) >= 11 is 0. The van der Waals surface area contributed by atoms with Crippen LogP contribution in [0.2, 0.25) is 0 Å². The van der Waals surface area contributed by atoms with Crippen molar-refractivity contribution in [1.82, 2.24) is 10.2 Å². The van der Waals surface area contributed by atoms with Gasteiger partial charge < -0.3 is 29.7 Å². The molecular formula is C39H47N3O7. The zero-order valence-electron chi connectivity index (χ0n) is 28.4. The van der Waals surface area contributed by atoms with Crippen LogP contribution in [-0.4, -0.2) is 72.3 Å². The molecule has 0 bridgehead atoms. The Balaban J connectivity index is 1.05. The molecular weight excluding hydrogens is 622 g/mol. The van der Waals surface area contributed by atoms with Gasteiger partial charge in [-0.15, -0.1) is 0 Å². The number of benzene rings is 3. The van der Waals surface area contributed by atoms with E-state index in [1.807, 2.05) is 68.4 Å². The molecule has 2 heterocycles. The Morgan fingerprint density at radius 1 is 0.980 bits per heavy atom. The number of unbranched alkanes of at least 4 members (excludes halogenated alkanes) is 3. The van der Waals surface area contributed by atoms with Crippen molar-refractivity contribution >= 4 is 17.6 Å². The number of urea groups is 1. The molecule has 3 N–H and O–H groups in total. The van der Waals surface area contributed by atoms with Crippen molar-refractivity contribution in [3.63, 3.8) is 0 Å². The van der Waals surface area contributed by atoms with Crippen LogP contribution < -0.4 is 15.0 Å². The fourth-order valence-electron chi connectivity index (χ4n) is 6.04. The van der Waals surface area contributed by atoms with Crippen LogP contribution >= 0.6 is 0 Å². The number of fused-ring (bicyclic) bond motifs is 1. The molecule has 10 heteroatoms. The lowest BCUT2D eigenvalue weighted by molar-refractivity contribution is -0.180. The first kappa shape index (κ1) is 36.1. The summed E-state index contributed by atoms with van der Waals surface area (Å²) in [5.41, 5.74) is 3.97. The van der Waals surface area contributed by atoms with E-state index in [1.54, 1.807) is 18.2 Å². The van der Waals surface area contributed by atoms with E-state index in [4.69, 9.17) is 14.2 Å². The van der Waals surface area contributed by atoms with Crippen LogP contribution in [0.4, 0.5) is 10.5 Å². The fourth-order valence-corrected chi connectivity index (χ4v) is 6.04. The number of aliphatic hydroxyl groups excluding tert-OH is 2. The highest BCUT2D eigenvalue weighted by Gasteiger charge is 2.30. The summed E-state index contributed by atoms with van der Waals surface area (Å²) in [5, 5.41) is 24.3. The Bertz CT molecular complexity index is 1600. The average molecular weight is 670 g/mol. The molecule has 49 heavy (non-hydrogen) atoms. The lowest BCUT2D eigenvalue weighted by Crippen LogP contribution is -2.36. The Hall–Kier alpha value is -4.24. The Labute approximate surface area is 289 Å². The number of carbonyl (C=O) groups excluding carboxylic acids is 2. The summed E-state index contributed by atoms with van der Waals surface area (Å²) in [7, 11) is 0. The highest BCUT2D eigenvalue weighted by atomic mass is 16.7. The third kappa shape index (κ3) is 10.1. The molecule has 2 atom stereocenters. The number of hydrogen-bond donors (Lipinski definition) is 3. The van der Waals surface area contributed by atoms with E-state index in [9.17, 15) is 19.8 Å². The Morgan fingerprint density at radius 3 is 2.57 bits per heavy atom. The molecule has 0 radical (unpaired) electrons. The van der Waals surface area contributed by atoms with Crippen molar-refractivity contribution in [2.24, 2.45) is 0 Å². The van der Waals surface area contributed by atoms with Gasteiger partial charge in [0.05, 0.1) is 44.2 Å². The van der Waals surface area contributed by atoms with Crippen molar-refractivity contribution in [2.75, 3.05) is 44.4 Å². The van der Waals surface area contributed by atoms with Gasteiger partial charge in [-0.3, -0.25) is 9.69 Å². The molecule has 1 fully saturated rings. The molecule has 3 aromatic rings. The molecule has 0 spiro atoms. The maximum absolute atomic E-state index is 12.0. The minimum Gasteiger partial charge on any atom is -0.463 e. The molecule has 0 saturated carbocycles. The number of hydrogen-bond acceptors (Lipinski definition) is 8. The summed E-state index contributed by atoms with van der Waals surface area (Å²) in [6.07, 6.45) is 3.70. The summed E-state index contributed by atoms with van der Waals surface area (Å²) in [6.45, 7) is 6.44. The standard InChI is InChI=1S/C39H47N3O7/c1-39(2)48-28-32-24-31(18-19-36(32)49-39)35(44)26-41(34(27-43)30-15-6-5-7-16-30)20-9-3-4-10-21-47-22-11-8-13-29-14-12-17-33(23-29)42-37(45)25-40-38(42)46/h5-7,12,14-19,23-24,34-35,43-44H,3-4,9-11,20-22,25-28H2,1-2H3,(H,40,46)/t34-,35+/m1/s1. The van der Waals surface area contributed by atoms with Gasteiger partial charge in [-0.05, 0) is 60.8 Å². The van der Waals surface area contributed by atoms with E-state index in [0.29, 0.717) is 38.5 Å². The third-order valence-electron chi connectivity index (χ3n) is 8.64. The number of nitrogens with zero attached hydrogens (tertiary/aromatic N) is 2. The maximum atomic E-state index is 12.0. The van der Waals surface area contributed by atoms with Gasteiger partial charge in [0.15, 0.2) is 0 Å². The number of amides is 3. The third-order valence-corrected chi connectivity index (χ3v) is 8.64. The normalized spacial score (nSPS) is 16.4. The van der Waals surface area contributed by atoms with Gasteiger partial charge >= 0.3 is 6.03 Å². The quantitative estimate of drug-likeness (QED) is 0.104. The first-order chi connectivity index (χ1) is 23.7. The molecule has 260 valence electrons. The molecule has 0 unspecified atom stereocenters. The largest absolute Gasteiger partial charge is 0.463 e. The van der Waals surface area contributed by atoms with Crippen LogP contribution in [0, 0.1) is 11.8 Å². The van der Waals surface area contributed by atoms with Crippen LogP contribution in [0.5, 0.6) is 5.75 Å². The van der Waals surface area contributed by atoms with Gasteiger partial charge in [-0.2, -0.15) is 0 Å². The fraction of sp³-hybridized carbons (Fsp3) is 0.436. The van der Waals surface area contributed by atoms with Crippen molar-refractivity contribution in [3.8, 4) is 17.6 Å². The lowest BCUT2D eigenvalue weighted by Gasteiger charge is -2.34. The van der Waals surface area contributed by atoms with Gasteiger partial charge in [0.25, 0.3) is 5.91 Å². The van der Waals surface area contributed by atoms with E-state index >= 15 is 0 Å². The molecule has 2 aliphatic rings. The monoisotopic (exact) mass is 669 g/mol. The molecule has 10 nitrogen and oxygen atoms in total. The minimum absolute atomic E-state index is 0.00953. The minimum atomic E-state index is -0.741. The number of aliphatic hydroxyl groups is 2. The zero-order valence-corrected chi connectivity index (χ0v) is 28.4. The number of rotatable bonds is 16. The highest BCUT2D eigenvalue weighted by Crippen LogP contribution is 2.34. The van der Waals surface area contributed by atoms with Crippen molar-refractivity contribution in [3.05, 3.63) is 95.1 Å². The van der Waals surface area contributed by atoms with E-state index in [1.165, 1.54) is 0 Å². The van der Waals surface area contributed by atoms with Gasteiger partial charge in [-0.1, -0.05) is 67.1 Å². The second kappa shape index (κ2) is 17.4. The smallest absolute Gasteiger partial charge is 0.329 e. The van der Waals surface area contributed by atoms with Crippen LogP contribution in [0.15, 0.2) is 72.8 Å². The van der Waals surface area contributed by atoms with E-state index in [0.717, 1.165) is 65.1 Å². The van der Waals surface area contributed by atoms with Gasteiger partial charge in [0.1, 0.15) is 5.75 Å². The van der Waals surface area contributed by atoms with Crippen molar-refractivity contribution in [1.29, 1.82) is 0 Å². The lowest BCUT2D eigenvalue weighted by atomic mass is 10.0. The number of carbonyl (C=O) groups is 2.